The van der Waals surface area contributed by atoms with E-state index in [4.69, 9.17) is 0 Å². The molecule has 2 heterocycles. The second kappa shape index (κ2) is 4.49. The van der Waals surface area contributed by atoms with E-state index in [0.717, 1.165) is 23.2 Å². The van der Waals surface area contributed by atoms with Crippen LogP contribution in [0, 0.1) is 0 Å². The minimum Gasteiger partial charge on any atom is -0.359 e. The van der Waals surface area contributed by atoms with Gasteiger partial charge in [-0.2, -0.15) is 0 Å². The summed E-state index contributed by atoms with van der Waals surface area (Å²) in [4.78, 5) is 8.81. The zero-order valence-corrected chi connectivity index (χ0v) is 10.8. The minimum atomic E-state index is 0.213. The highest BCUT2D eigenvalue weighted by atomic mass is 32.2. The first-order valence-electron chi connectivity index (χ1n) is 5.54. The number of hydrogen-bond donors (Lipinski definition) is 1. The van der Waals surface area contributed by atoms with Crippen molar-refractivity contribution in [2.24, 2.45) is 12.0 Å². The van der Waals surface area contributed by atoms with Gasteiger partial charge in [-0.3, -0.25) is 4.99 Å². The summed E-state index contributed by atoms with van der Waals surface area (Å²) in [5.41, 5.74) is 0.213. The van der Waals surface area contributed by atoms with Gasteiger partial charge in [0.25, 0.3) is 0 Å². The fourth-order valence-electron chi connectivity index (χ4n) is 1.52. The van der Waals surface area contributed by atoms with Crippen LogP contribution in [-0.2, 0) is 13.6 Å². The predicted molar refractivity (Wildman–Crippen MR) is 68.6 cm³/mol. The van der Waals surface area contributed by atoms with Crippen molar-refractivity contribution in [3.05, 3.63) is 18.2 Å². The quantitative estimate of drug-likeness (QED) is 0.873. The Labute approximate surface area is 101 Å². The largest absolute Gasteiger partial charge is 0.359 e. The highest BCUT2D eigenvalue weighted by Crippen LogP contribution is 2.25. The van der Waals surface area contributed by atoms with Crippen molar-refractivity contribution in [1.82, 2.24) is 14.9 Å². The number of thioether (sulfide) groups is 1. The maximum atomic E-state index is 4.56. The van der Waals surface area contributed by atoms with Crippen LogP contribution in [0.5, 0.6) is 0 Å². The number of nitrogens with one attached hydrogen (secondary N) is 1. The van der Waals surface area contributed by atoms with Crippen LogP contribution in [0.3, 0.4) is 0 Å². The van der Waals surface area contributed by atoms with Gasteiger partial charge in [0.15, 0.2) is 5.17 Å². The fraction of sp³-hybridized carbons (Fsp3) is 0.636. The molecule has 4 nitrogen and oxygen atoms in total. The van der Waals surface area contributed by atoms with Gasteiger partial charge in [0, 0.05) is 30.7 Å². The third-order valence-electron chi connectivity index (χ3n) is 3.00. The summed E-state index contributed by atoms with van der Waals surface area (Å²) >= 11 is 1.80. The van der Waals surface area contributed by atoms with Gasteiger partial charge >= 0.3 is 0 Å². The van der Waals surface area contributed by atoms with E-state index < -0.39 is 0 Å². The highest BCUT2D eigenvalue weighted by Gasteiger charge is 2.30. The van der Waals surface area contributed by atoms with E-state index in [1.54, 1.807) is 18.0 Å². The monoisotopic (exact) mass is 238 g/mol. The highest BCUT2D eigenvalue weighted by molar-refractivity contribution is 8.14. The van der Waals surface area contributed by atoms with Gasteiger partial charge in [0.2, 0.25) is 0 Å². The van der Waals surface area contributed by atoms with Gasteiger partial charge in [-0.05, 0) is 13.3 Å². The molecule has 0 radical (unpaired) electrons. The lowest BCUT2D eigenvalue weighted by Crippen LogP contribution is -2.39. The molecule has 1 aliphatic rings. The average molecular weight is 238 g/mol. The Morgan fingerprint density at radius 2 is 2.50 bits per heavy atom. The van der Waals surface area contributed by atoms with Crippen molar-refractivity contribution in [1.29, 1.82) is 0 Å². The van der Waals surface area contributed by atoms with E-state index in [-0.39, 0.29) is 5.54 Å². The van der Waals surface area contributed by atoms with Crippen molar-refractivity contribution in [3.63, 3.8) is 0 Å². The first-order valence-corrected chi connectivity index (χ1v) is 6.53. The molecule has 16 heavy (non-hydrogen) atoms. The molecule has 0 bridgehead atoms. The summed E-state index contributed by atoms with van der Waals surface area (Å²) in [5, 5.41) is 4.52. The molecule has 1 unspecified atom stereocenters. The molecule has 0 saturated carbocycles. The van der Waals surface area contributed by atoms with Crippen LogP contribution in [-0.4, -0.2) is 26.0 Å². The molecule has 0 aromatic carbocycles. The van der Waals surface area contributed by atoms with Gasteiger partial charge in [0.1, 0.15) is 5.82 Å². The van der Waals surface area contributed by atoms with Crippen LogP contribution in [0.15, 0.2) is 17.4 Å². The fourth-order valence-corrected chi connectivity index (χ4v) is 2.73. The van der Waals surface area contributed by atoms with Crippen LogP contribution < -0.4 is 5.32 Å². The summed E-state index contributed by atoms with van der Waals surface area (Å²) in [6.45, 7) is 5.09. The van der Waals surface area contributed by atoms with E-state index >= 15 is 0 Å². The molecule has 88 valence electrons. The van der Waals surface area contributed by atoms with Crippen LogP contribution in [0.25, 0.3) is 0 Å². The summed E-state index contributed by atoms with van der Waals surface area (Å²) in [6.07, 6.45) is 4.88. The Hall–Kier alpha value is -0.970. The number of aliphatic imine (C=N–C) groups is 1. The van der Waals surface area contributed by atoms with E-state index in [2.05, 4.69) is 29.1 Å². The number of hydrogen-bond acceptors (Lipinski definition) is 3. The van der Waals surface area contributed by atoms with E-state index in [1.165, 1.54) is 0 Å². The average Bonchev–Trinajstić information content (AvgIpc) is 2.84. The molecule has 5 heteroatoms. The van der Waals surface area contributed by atoms with Gasteiger partial charge in [-0.15, -0.1) is 0 Å². The Bertz CT molecular complexity index is 398. The maximum absolute atomic E-state index is 4.56. The third kappa shape index (κ3) is 2.40. The summed E-state index contributed by atoms with van der Waals surface area (Å²) in [6, 6.07) is 0. The number of nitrogens with zero attached hydrogens (tertiary/aromatic N) is 3. The van der Waals surface area contributed by atoms with E-state index in [0.29, 0.717) is 6.54 Å². The molecule has 0 spiro atoms. The van der Waals surface area contributed by atoms with Gasteiger partial charge in [-0.25, -0.2) is 4.98 Å². The zero-order chi connectivity index (χ0) is 11.6. The molecule has 1 atom stereocenters. The molecule has 1 saturated heterocycles. The van der Waals surface area contributed by atoms with E-state index in [9.17, 15) is 0 Å². The molecule has 1 aliphatic heterocycles. The molecule has 1 aromatic heterocycles. The zero-order valence-electron chi connectivity index (χ0n) is 10.0. The topological polar surface area (TPSA) is 42.2 Å². The van der Waals surface area contributed by atoms with Crippen molar-refractivity contribution >= 4 is 16.9 Å². The maximum Gasteiger partial charge on any atom is 0.157 e. The van der Waals surface area contributed by atoms with Gasteiger partial charge in [0.05, 0.1) is 6.54 Å². The molecule has 0 amide bonds. The number of amidine groups is 1. The summed E-state index contributed by atoms with van der Waals surface area (Å²) < 4.78 is 2.00. The molecule has 0 aliphatic carbocycles. The van der Waals surface area contributed by atoms with Crippen LogP contribution in [0.2, 0.25) is 0 Å². The Morgan fingerprint density at radius 1 is 1.69 bits per heavy atom. The van der Waals surface area contributed by atoms with Gasteiger partial charge in [-0.1, -0.05) is 18.7 Å². The Kier molecular flexibility index (Phi) is 3.23. The predicted octanol–water partition coefficient (Wildman–Crippen LogP) is 1.78. The van der Waals surface area contributed by atoms with E-state index in [1.807, 2.05) is 17.8 Å². The standard InChI is InChI=1S/C11H18N4S/c1-4-11(2)8-16-10(14-11)13-7-9-12-5-6-15(9)3/h5-6H,4,7-8H2,1-3H3,(H,13,14). The lowest BCUT2D eigenvalue weighted by molar-refractivity contribution is 0.466. The van der Waals surface area contributed by atoms with Crippen LogP contribution in [0.4, 0.5) is 0 Å². The summed E-state index contributed by atoms with van der Waals surface area (Å²) in [5.74, 6) is 2.10. The number of aryl methyl sites for hydroxylation is 1. The van der Waals surface area contributed by atoms with Crippen LogP contribution in [0.1, 0.15) is 26.1 Å². The molecule has 1 fully saturated rings. The van der Waals surface area contributed by atoms with Gasteiger partial charge < -0.3 is 9.88 Å². The molecular weight excluding hydrogens is 220 g/mol. The van der Waals surface area contributed by atoms with Crippen molar-refractivity contribution in [3.8, 4) is 0 Å². The summed E-state index contributed by atoms with van der Waals surface area (Å²) in [7, 11) is 1.99. The third-order valence-corrected chi connectivity index (χ3v) is 4.29. The lowest BCUT2D eigenvalue weighted by atomic mass is 10.0. The molecule has 1 aromatic rings. The Balaban J connectivity index is 1.98. The second-order valence-electron chi connectivity index (χ2n) is 4.40. The second-order valence-corrected chi connectivity index (χ2v) is 5.37. The number of rotatable bonds is 3. The molecular formula is C11H18N4S. The normalized spacial score (nSPS) is 27.3. The van der Waals surface area contributed by atoms with Crippen molar-refractivity contribution < 1.29 is 0 Å². The SMILES string of the molecule is CCC1(C)CSC(=NCc2nccn2C)N1. The first kappa shape index (κ1) is 11.5. The first-order chi connectivity index (χ1) is 7.63. The van der Waals surface area contributed by atoms with Crippen molar-refractivity contribution in [2.75, 3.05) is 5.75 Å². The lowest BCUT2D eigenvalue weighted by Gasteiger charge is -2.20. The van der Waals surface area contributed by atoms with Crippen molar-refractivity contribution in [2.45, 2.75) is 32.4 Å². The minimum absolute atomic E-state index is 0.213. The number of aromatic nitrogens is 2. The number of imidazole rings is 1. The molecule has 1 N–H and O–H groups in total. The Morgan fingerprint density at radius 3 is 3.06 bits per heavy atom. The van der Waals surface area contributed by atoms with Crippen LogP contribution >= 0.6 is 11.8 Å². The smallest absolute Gasteiger partial charge is 0.157 e. The molecule has 2 rings (SSSR count).